The van der Waals surface area contributed by atoms with Gasteiger partial charge < -0.3 is 13.7 Å². The van der Waals surface area contributed by atoms with Gasteiger partial charge in [-0.25, -0.2) is 0 Å². The number of rotatable bonds is 7. The third-order valence-electron chi connectivity index (χ3n) is 11.4. The Balaban J connectivity index is 0.990. The molecular formula is C55H37NO2. The Kier molecular flexibility index (Phi) is 8.04. The Morgan fingerprint density at radius 2 is 0.741 bits per heavy atom. The Bertz CT molecular complexity index is 3260. The fourth-order valence-corrected chi connectivity index (χ4v) is 8.53. The first-order valence-electron chi connectivity index (χ1n) is 19.7. The molecule has 0 spiro atoms. The van der Waals surface area contributed by atoms with Crippen molar-refractivity contribution in [2.24, 2.45) is 0 Å². The van der Waals surface area contributed by atoms with E-state index < -0.39 is 0 Å². The molecule has 0 amide bonds. The van der Waals surface area contributed by atoms with Gasteiger partial charge in [0.2, 0.25) is 0 Å². The van der Waals surface area contributed by atoms with Crippen LogP contribution in [0.25, 0.3) is 88.4 Å². The zero-order valence-electron chi connectivity index (χ0n) is 31.9. The van der Waals surface area contributed by atoms with Crippen molar-refractivity contribution in [1.29, 1.82) is 0 Å². The fraction of sp³-hybridized carbons (Fsp3) is 0.0182. The van der Waals surface area contributed by atoms with Crippen LogP contribution >= 0.6 is 0 Å². The van der Waals surface area contributed by atoms with Crippen LogP contribution in [0.15, 0.2) is 215 Å². The van der Waals surface area contributed by atoms with Gasteiger partial charge in [0.05, 0.1) is 0 Å². The van der Waals surface area contributed by atoms with Gasteiger partial charge in [-0.3, -0.25) is 0 Å². The number of hydrogen-bond donors (Lipinski definition) is 0. The Morgan fingerprint density at radius 1 is 0.328 bits per heavy atom. The topological polar surface area (TPSA) is 29.5 Å². The van der Waals surface area contributed by atoms with E-state index in [9.17, 15) is 0 Å². The first kappa shape index (κ1) is 33.7. The SMILES string of the molecule is Cc1cc(-c2cccc3c2oc2ccccc23)ccc1N(c1ccc(-c2ccc(-c3ccccc3)cc2)cc1)c1ccc(-c2cccc3c2oc2ccccc23)cc1. The first-order valence-corrected chi connectivity index (χ1v) is 19.7. The van der Waals surface area contributed by atoms with Gasteiger partial charge in [-0.1, -0.05) is 158 Å². The van der Waals surface area contributed by atoms with E-state index >= 15 is 0 Å². The van der Waals surface area contributed by atoms with Gasteiger partial charge in [-0.2, -0.15) is 0 Å². The quantitative estimate of drug-likeness (QED) is 0.163. The molecule has 0 aliphatic rings. The normalized spacial score (nSPS) is 11.5. The Morgan fingerprint density at radius 3 is 1.28 bits per heavy atom. The zero-order valence-corrected chi connectivity index (χ0v) is 31.9. The summed E-state index contributed by atoms with van der Waals surface area (Å²) in [5.41, 5.74) is 17.2. The van der Waals surface area contributed by atoms with E-state index in [1.54, 1.807) is 0 Å². The number of nitrogens with zero attached hydrogens (tertiary/aromatic N) is 1. The second-order valence-corrected chi connectivity index (χ2v) is 14.9. The Hall–Kier alpha value is -7.62. The van der Waals surface area contributed by atoms with Crippen LogP contribution in [0.4, 0.5) is 17.1 Å². The number of aryl methyl sites for hydroxylation is 1. The molecular weight excluding hydrogens is 707 g/mol. The van der Waals surface area contributed by atoms with E-state index in [2.05, 4.69) is 194 Å². The molecule has 2 heterocycles. The molecule has 58 heavy (non-hydrogen) atoms. The minimum absolute atomic E-state index is 0.902. The van der Waals surface area contributed by atoms with E-state index in [0.29, 0.717) is 0 Å². The molecule has 3 heteroatoms. The van der Waals surface area contributed by atoms with Crippen LogP contribution in [0.2, 0.25) is 0 Å². The minimum Gasteiger partial charge on any atom is -0.455 e. The van der Waals surface area contributed by atoms with Gasteiger partial charge in [0.1, 0.15) is 22.3 Å². The van der Waals surface area contributed by atoms with Crippen molar-refractivity contribution in [3.63, 3.8) is 0 Å². The predicted molar refractivity (Wildman–Crippen MR) is 242 cm³/mol. The molecule has 0 aliphatic carbocycles. The molecule has 0 saturated heterocycles. The molecule has 0 saturated carbocycles. The highest BCUT2D eigenvalue weighted by atomic mass is 16.3. The average molecular weight is 744 g/mol. The van der Waals surface area contributed by atoms with E-state index in [0.717, 1.165) is 88.8 Å². The lowest BCUT2D eigenvalue weighted by Gasteiger charge is -2.28. The number of hydrogen-bond acceptors (Lipinski definition) is 3. The zero-order chi connectivity index (χ0) is 38.6. The molecule has 3 nitrogen and oxygen atoms in total. The fourth-order valence-electron chi connectivity index (χ4n) is 8.53. The van der Waals surface area contributed by atoms with Crippen LogP contribution in [0.5, 0.6) is 0 Å². The second kappa shape index (κ2) is 13.8. The molecule has 2 aromatic heterocycles. The van der Waals surface area contributed by atoms with Crippen molar-refractivity contribution < 1.29 is 8.83 Å². The summed E-state index contributed by atoms with van der Waals surface area (Å²) < 4.78 is 12.9. The highest BCUT2D eigenvalue weighted by molar-refractivity contribution is 6.10. The van der Waals surface area contributed by atoms with Crippen LogP contribution in [-0.4, -0.2) is 0 Å². The van der Waals surface area contributed by atoms with Crippen molar-refractivity contribution in [3.8, 4) is 44.5 Å². The maximum atomic E-state index is 6.45. The van der Waals surface area contributed by atoms with Crippen LogP contribution in [0.1, 0.15) is 5.56 Å². The maximum absolute atomic E-state index is 6.45. The van der Waals surface area contributed by atoms with Gasteiger partial charge in [-0.15, -0.1) is 0 Å². The molecule has 0 fully saturated rings. The summed E-state index contributed by atoms with van der Waals surface area (Å²) >= 11 is 0. The maximum Gasteiger partial charge on any atom is 0.143 e. The van der Waals surface area contributed by atoms with Crippen LogP contribution in [0.3, 0.4) is 0 Å². The summed E-state index contributed by atoms with van der Waals surface area (Å²) in [6.45, 7) is 2.20. The molecule has 0 radical (unpaired) electrons. The molecule has 274 valence electrons. The number of para-hydroxylation sites is 4. The van der Waals surface area contributed by atoms with E-state index in [1.807, 2.05) is 24.3 Å². The molecule has 11 aromatic rings. The Labute approximate surface area is 336 Å². The van der Waals surface area contributed by atoms with E-state index in [-0.39, 0.29) is 0 Å². The van der Waals surface area contributed by atoms with Crippen molar-refractivity contribution in [3.05, 3.63) is 212 Å². The van der Waals surface area contributed by atoms with Crippen LogP contribution in [0, 0.1) is 6.92 Å². The van der Waals surface area contributed by atoms with E-state index in [4.69, 9.17) is 8.83 Å². The van der Waals surface area contributed by atoms with Gasteiger partial charge in [0.25, 0.3) is 0 Å². The standard InChI is InChI=1S/C55H37NO2/c1-36-35-42(46-16-10-18-50-48-14-6-8-20-53(48)58-55(46)50)29-34-51(36)56(43-30-25-40(26-31-43)39-23-21-38(22-24-39)37-11-3-2-4-12-37)44-32-27-41(28-33-44)45-15-9-17-49-47-13-5-7-19-52(47)57-54(45)49/h2-35H,1H3. The smallest absolute Gasteiger partial charge is 0.143 e. The monoisotopic (exact) mass is 743 g/mol. The number of furan rings is 2. The van der Waals surface area contributed by atoms with Gasteiger partial charge >= 0.3 is 0 Å². The van der Waals surface area contributed by atoms with Gasteiger partial charge in [0, 0.05) is 49.7 Å². The number of anilines is 3. The molecule has 0 aliphatic heterocycles. The van der Waals surface area contributed by atoms with Crippen molar-refractivity contribution in [1.82, 2.24) is 0 Å². The second-order valence-electron chi connectivity index (χ2n) is 14.9. The lowest BCUT2D eigenvalue weighted by Crippen LogP contribution is -2.11. The molecule has 0 unspecified atom stereocenters. The van der Waals surface area contributed by atoms with Crippen molar-refractivity contribution in [2.45, 2.75) is 6.92 Å². The third kappa shape index (κ3) is 5.75. The van der Waals surface area contributed by atoms with Crippen LogP contribution < -0.4 is 4.90 Å². The molecule has 0 atom stereocenters. The average Bonchev–Trinajstić information content (AvgIpc) is 3.87. The van der Waals surface area contributed by atoms with Crippen LogP contribution in [-0.2, 0) is 0 Å². The number of fused-ring (bicyclic) bond motifs is 6. The summed E-state index contributed by atoms with van der Waals surface area (Å²) in [5.74, 6) is 0. The van der Waals surface area contributed by atoms with E-state index in [1.165, 1.54) is 22.3 Å². The largest absolute Gasteiger partial charge is 0.455 e. The number of benzene rings is 9. The highest BCUT2D eigenvalue weighted by Gasteiger charge is 2.19. The predicted octanol–water partition coefficient (Wildman–Crippen LogP) is 15.9. The summed E-state index contributed by atoms with van der Waals surface area (Å²) in [7, 11) is 0. The summed E-state index contributed by atoms with van der Waals surface area (Å²) in [6, 6.07) is 73.2. The summed E-state index contributed by atoms with van der Waals surface area (Å²) in [4.78, 5) is 2.36. The van der Waals surface area contributed by atoms with Gasteiger partial charge in [-0.05, 0) is 94.4 Å². The van der Waals surface area contributed by atoms with Gasteiger partial charge in [0.15, 0.2) is 0 Å². The molecule has 0 N–H and O–H groups in total. The van der Waals surface area contributed by atoms with Crippen molar-refractivity contribution >= 4 is 60.9 Å². The molecule has 0 bridgehead atoms. The van der Waals surface area contributed by atoms with Crippen molar-refractivity contribution in [2.75, 3.05) is 4.90 Å². The molecule has 11 rings (SSSR count). The summed E-state index contributed by atoms with van der Waals surface area (Å²) in [6.07, 6.45) is 0. The summed E-state index contributed by atoms with van der Waals surface area (Å²) in [5, 5.41) is 4.52. The highest BCUT2D eigenvalue weighted by Crippen LogP contribution is 2.43. The third-order valence-corrected chi connectivity index (χ3v) is 11.4. The lowest BCUT2D eigenvalue weighted by atomic mass is 9.98. The first-order chi connectivity index (χ1) is 28.7. The minimum atomic E-state index is 0.902. The lowest BCUT2D eigenvalue weighted by molar-refractivity contribution is 0.669. The molecule has 9 aromatic carbocycles.